The molecule has 2 aromatic carbocycles. The van der Waals surface area contributed by atoms with Crippen molar-refractivity contribution in [1.29, 1.82) is 0 Å². The molecule has 0 amide bonds. The summed E-state index contributed by atoms with van der Waals surface area (Å²) in [6.07, 6.45) is 0.776. The Balaban J connectivity index is 2.22. The van der Waals surface area contributed by atoms with Crippen LogP contribution in [0.15, 0.2) is 42.5 Å². The lowest BCUT2D eigenvalue weighted by molar-refractivity contribution is 0.551. The molecule has 4 heteroatoms. The number of nitrogens with one attached hydrogen (secondary N) is 1. The fourth-order valence-corrected chi connectivity index (χ4v) is 2.39. The third-order valence-corrected chi connectivity index (χ3v) is 3.77. The highest BCUT2D eigenvalue weighted by Crippen LogP contribution is 2.24. The van der Waals surface area contributed by atoms with E-state index in [1.165, 1.54) is 0 Å². The van der Waals surface area contributed by atoms with Crippen molar-refractivity contribution >= 4 is 23.2 Å². The van der Waals surface area contributed by atoms with E-state index < -0.39 is 0 Å². The van der Waals surface area contributed by atoms with Crippen molar-refractivity contribution in [3.05, 3.63) is 69.2 Å². The Morgan fingerprint density at radius 1 is 1.16 bits per heavy atom. The summed E-state index contributed by atoms with van der Waals surface area (Å²) in [4.78, 5) is 0. The van der Waals surface area contributed by atoms with E-state index in [1.807, 2.05) is 43.3 Å². The largest absolute Gasteiger partial charge is 0.271 e. The van der Waals surface area contributed by atoms with Crippen LogP contribution < -0.4 is 11.3 Å². The van der Waals surface area contributed by atoms with Crippen LogP contribution in [0.2, 0.25) is 10.0 Å². The van der Waals surface area contributed by atoms with Gasteiger partial charge in [0.2, 0.25) is 0 Å². The molecule has 0 aliphatic heterocycles. The second kappa shape index (κ2) is 6.40. The van der Waals surface area contributed by atoms with Gasteiger partial charge in [0.15, 0.2) is 0 Å². The minimum absolute atomic E-state index is 0.0365. The summed E-state index contributed by atoms with van der Waals surface area (Å²) >= 11 is 12.0. The van der Waals surface area contributed by atoms with E-state index in [4.69, 9.17) is 29.0 Å². The van der Waals surface area contributed by atoms with Crippen molar-refractivity contribution in [3.63, 3.8) is 0 Å². The van der Waals surface area contributed by atoms with Crippen molar-refractivity contribution in [2.75, 3.05) is 0 Å². The van der Waals surface area contributed by atoms with Crippen LogP contribution in [0.3, 0.4) is 0 Å². The maximum absolute atomic E-state index is 6.04. The first-order chi connectivity index (χ1) is 9.10. The van der Waals surface area contributed by atoms with E-state index in [0.29, 0.717) is 0 Å². The number of nitrogens with two attached hydrogens (primary N) is 1. The Bertz CT molecular complexity index is 570. The molecule has 2 aromatic rings. The molecule has 0 bridgehead atoms. The van der Waals surface area contributed by atoms with Gasteiger partial charge in [-0.05, 0) is 48.2 Å². The Hall–Kier alpha value is -1.06. The van der Waals surface area contributed by atoms with Gasteiger partial charge in [0, 0.05) is 16.1 Å². The van der Waals surface area contributed by atoms with Gasteiger partial charge in [0.25, 0.3) is 0 Å². The molecular formula is C15H16Cl2N2. The van der Waals surface area contributed by atoms with Gasteiger partial charge in [-0.15, -0.1) is 0 Å². The predicted molar refractivity (Wildman–Crippen MR) is 81.4 cm³/mol. The summed E-state index contributed by atoms with van der Waals surface area (Å²) in [5, 5.41) is 1.50. The Morgan fingerprint density at radius 3 is 2.58 bits per heavy atom. The van der Waals surface area contributed by atoms with Crippen molar-refractivity contribution < 1.29 is 0 Å². The number of rotatable bonds is 4. The average Bonchev–Trinajstić information content (AvgIpc) is 2.39. The smallest absolute Gasteiger partial charge is 0.0500 e. The van der Waals surface area contributed by atoms with Gasteiger partial charge >= 0.3 is 0 Å². The molecule has 2 rings (SSSR count). The van der Waals surface area contributed by atoms with Gasteiger partial charge in [0.1, 0.15) is 0 Å². The second-order valence-electron chi connectivity index (χ2n) is 4.56. The minimum atomic E-state index is 0.0365. The molecule has 2 nitrogen and oxygen atoms in total. The van der Waals surface area contributed by atoms with Crippen LogP contribution in [0, 0.1) is 6.92 Å². The predicted octanol–water partition coefficient (Wildman–Crippen LogP) is 4.05. The van der Waals surface area contributed by atoms with Crippen molar-refractivity contribution in [2.45, 2.75) is 19.4 Å². The zero-order chi connectivity index (χ0) is 13.8. The van der Waals surface area contributed by atoms with Crippen molar-refractivity contribution in [2.24, 2.45) is 5.84 Å². The molecule has 0 radical (unpaired) electrons. The Kier molecular flexibility index (Phi) is 4.83. The monoisotopic (exact) mass is 294 g/mol. The zero-order valence-corrected chi connectivity index (χ0v) is 12.2. The molecule has 19 heavy (non-hydrogen) atoms. The maximum Gasteiger partial charge on any atom is 0.0500 e. The summed E-state index contributed by atoms with van der Waals surface area (Å²) in [5.74, 6) is 5.66. The van der Waals surface area contributed by atoms with Crippen molar-refractivity contribution in [3.8, 4) is 0 Å². The van der Waals surface area contributed by atoms with E-state index in [0.717, 1.165) is 33.2 Å². The molecule has 0 fully saturated rings. The third kappa shape index (κ3) is 3.71. The number of hydrazine groups is 1. The first-order valence-corrected chi connectivity index (χ1v) is 6.82. The molecule has 1 atom stereocenters. The highest BCUT2D eigenvalue weighted by Gasteiger charge is 2.11. The maximum atomic E-state index is 6.04. The summed E-state index contributed by atoms with van der Waals surface area (Å²) in [6, 6.07) is 13.8. The van der Waals surface area contributed by atoms with Crippen LogP contribution in [-0.4, -0.2) is 0 Å². The number of hydrogen-bond donors (Lipinski definition) is 2. The summed E-state index contributed by atoms with van der Waals surface area (Å²) < 4.78 is 0. The lowest BCUT2D eigenvalue weighted by atomic mass is 9.98. The Morgan fingerprint density at radius 2 is 1.95 bits per heavy atom. The Labute approximate surface area is 123 Å². The zero-order valence-electron chi connectivity index (χ0n) is 10.7. The molecular weight excluding hydrogens is 279 g/mol. The van der Waals surface area contributed by atoms with Gasteiger partial charge in [0.05, 0.1) is 0 Å². The van der Waals surface area contributed by atoms with Crippen LogP contribution >= 0.6 is 23.2 Å². The molecule has 3 N–H and O–H groups in total. The number of hydrogen-bond acceptors (Lipinski definition) is 2. The topological polar surface area (TPSA) is 38.0 Å². The normalized spacial score (nSPS) is 12.4. The van der Waals surface area contributed by atoms with Gasteiger partial charge in [-0.2, -0.15) is 0 Å². The van der Waals surface area contributed by atoms with E-state index in [-0.39, 0.29) is 6.04 Å². The number of aryl methyl sites for hydroxylation is 1. The summed E-state index contributed by atoms with van der Waals surface area (Å²) in [7, 11) is 0. The molecule has 100 valence electrons. The molecule has 0 aliphatic rings. The second-order valence-corrected chi connectivity index (χ2v) is 5.41. The highest BCUT2D eigenvalue weighted by molar-refractivity contribution is 6.31. The lowest BCUT2D eigenvalue weighted by Gasteiger charge is -2.17. The molecule has 0 saturated carbocycles. The number of halogens is 2. The summed E-state index contributed by atoms with van der Waals surface area (Å²) in [5.41, 5.74) is 6.15. The molecule has 0 saturated heterocycles. The quantitative estimate of drug-likeness (QED) is 0.659. The fourth-order valence-electron chi connectivity index (χ4n) is 2.06. The molecule has 0 heterocycles. The van der Waals surface area contributed by atoms with Crippen LogP contribution in [-0.2, 0) is 6.42 Å². The molecule has 0 aliphatic carbocycles. The van der Waals surface area contributed by atoms with Crippen LogP contribution in [0.1, 0.15) is 22.7 Å². The van der Waals surface area contributed by atoms with E-state index in [9.17, 15) is 0 Å². The molecule has 0 aromatic heterocycles. The molecule has 0 spiro atoms. The number of benzene rings is 2. The lowest BCUT2D eigenvalue weighted by Crippen LogP contribution is -2.29. The highest BCUT2D eigenvalue weighted by atomic mass is 35.5. The molecule has 1 unspecified atom stereocenters. The first-order valence-electron chi connectivity index (χ1n) is 6.07. The fraction of sp³-hybridized carbons (Fsp3) is 0.200. The van der Waals surface area contributed by atoms with Crippen LogP contribution in [0.5, 0.6) is 0 Å². The summed E-state index contributed by atoms with van der Waals surface area (Å²) in [6.45, 7) is 1.98. The van der Waals surface area contributed by atoms with E-state index in [1.54, 1.807) is 0 Å². The average molecular weight is 295 g/mol. The van der Waals surface area contributed by atoms with E-state index in [2.05, 4.69) is 11.5 Å². The van der Waals surface area contributed by atoms with E-state index >= 15 is 0 Å². The van der Waals surface area contributed by atoms with Gasteiger partial charge in [-0.1, -0.05) is 47.5 Å². The van der Waals surface area contributed by atoms with Gasteiger partial charge in [-0.3, -0.25) is 11.3 Å². The minimum Gasteiger partial charge on any atom is -0.271 e. The standard InChI is InChI=1S/C15H16Cl2N2/c1-10-7-12(5-6-14(10)17)15(19-18)9-11-3-2-4-13(16)8-11/h2-8,15,19H,9,18H2,1H3. The first kappa shape index (κ1) is 14.4. The third-order valence-electron chi connectivity index (χ3n) is 3.11. The van der Waals surface area contributed by atoms with Crippen LogP contribution in [0.4, 0.5) is 0 Å². The SMILES string of the molecule is Cc1cc(C(Cc2cccc(Cl)c2)NN)ccc1Cl. The van der Waals surface area contributed by atoms with Gasteiger partial charge < -0.3 is 0 Å². The van der Waals surface area contributed by atoms with Crippen LogP contribution in [0.25, 0.3) is 0 Å². The van der Waals surface area contributed by atoms with Crippen molar-refractivity contribution in [1.82, 2.24) is 5.43 Å². The van der Waals surface area contributed by atoms with Gasteiger partial charge in [-0.25, -0.2) is 0 Å².